The van der Waals surface area contributed by atoms with Crippen molar-refractivity contribution >= 4 is 56.5 Å². The quantitative estimate of drug-likeness (QED) is 0.144. The Morgan fingerprint density at radius 1 is 0.773 bits per heavy atom. The lowest BCUT2D eigenvalue weighted by molar-refractivity contribution is 0.0842. The summed E-state index contributed by atoms with van der Waals surface area (Å²) in [5, 5.41) is 4.12. The van der Waals surface area contributed by atoms with Crippen molar-refractivity contribution in [1.82, 2.24) is 9.97 Å². The van der Waals surface area contributed by atoms with Crippen LogP contribution in [0.3, 0.4) is 0 Å². The van der Waals surface area contributed by atoms with Crippen LogP contribution in [0.4, 0.5) is 5.82 Å². The molecule has 0 saturated heterocycles. The Balaban J connectivity index is 0.000000340. The molecule has 9 nitrogen and oxygen atoms in total. The molecule has 4 aromatic rings. The second-order valence-corrected chi connectivity index (χ2v) is 10.9. The highest BCUT2D eigenvalue weighted by Gasteiger charge is 2.14. The smallest absolute Gasteiger partial charge is 0.318 e. The SMILES string of the molecule is COCC(=O)c1cc(-c2cc(NCCc3ccc(OC)cc3)nc(OC)n2)ccc1Cl.COCC(=O)c1cc(Br)ccc1Cl. The number of hydrogen-bond donors (Lipinski definition) is 1. The Morgan fingerprint density at radius 2 is 1.39 bits per heavy atom. The van der Waals surface area contributed by atoms with Crippen LogP contribution in [0.5, 0.6) is 11.8 Å². The Hall–Kier alpha value is -3.54. The first-order chi connectivity index (χ1) is 21.2. The third-order valence-electron chi connectivity index (χ3n) is 6.11. The van der Waals surface area contributed by atoms with Crippen molar-refractivity contribution in [3.63, 3.8) is 0 Å². The number of carbonyl (C=O) groups excluding carboxylic acids is 2. The zero-order valence-electron chi connectivity index (χ0n) is 24.7. The molecule has 3 aromatic carbocycles. The Labute approximate surface area is 274 Å². The van der Waals surface area contributed by atoms with Gasteiger partial charge in [-0.1, -0.05) is 57.3 Å². The largest absolute Gasteiger partial charge is 0.497 e. The molecule has 1 aromatic heterocycles. The molecule has 0 aliphatic rings. The summed E-state index contributed by atoms with van der Waals surface area (Å²) >= 11 is 15.3. The molecule has 0 fully saturated rings. The molecule has 0 unspecified atom stereocenters. The molecule has 0 aliphatic heterocycles. The van der Waals surface area contributed by atoms with Crippen molar-refractivity contribution in [2.75, 3.05) is 53.5 Å². The molecule has 0 spiro atoms. The van der Waals surface area contributed by atoms with Crippen molar-refractivity contribution in [1.29, 1.82) is 0 Å². The zero-order chi connectivity index (χ0) is 32.1. The molecule has 0 radical (unpaired) electrons. The monoisotopic (exact) mass is 703 g/mol. The van der Waals surface area contributed by atoms with Crippen LogP contribution in [0.2, 0.25) is 10.0 Å². The first-order valence-corrected chi connectivity index (χ1v) is 14.8. The maximum Gasteiger partial charge on any atom is 0.318 e. The van der Waals surface area contributed by atoms with Crippen molar-refractivity contribution in [2.45, 2.75) is 6.42 Å². The van der Waals surface area contributed by atoms with Gasteiger partial charge in [-0.25, -0.2) is 0 Å². The van der Waals surface area contributed by atoms with Crippen LogP contribution in [-0.4, -0.2) is 69.7 Å². The Bertz CT molecular complexity index is 1570. The number of carbonyl (C=O) groups is 2. The molecular weight excluding hydrogens is 673 g/mol. The van der Waals surface area contributed by atoms with Gasteiger partial charge in [-0.05, 0) is 54.4 Å². The summed E-state index contributed by atoms with van der Waals surface area (Å²) in [4.78, 5) is 32.4. The minimum absolute atomic E-state index is 0.0472. The Kier molecular flexibility index (Phi) is 14.0. The van der Waals surface area contributed by atoms with Crippen LogP contribution in [0.15, 0.2) is 71.2 Å². The molecule has 44 heavy (non-hydrogen) atoms. The van der Waals surface area contributed by atoms with E-state index in [0.29, 0.717) is 39.2 Å². The summed E-state index contributed by atoms with van der Waals surface area (Å²) in [6.45, 7) is 0.675. The normalized spacial score (nSPS) is 10.4. The van der Waals surface area contributed by atoms with Gasteiger partial charge in [0, 0.05) is 48.0 Å². The fourth-order valence-electron chi connectivity index (χ4n) is 3.91. The topological polar surface area (TPSA) is 109 Å². The van der Waals surface area contributed by atoms with Crippen LogP contribution >= 0.6 is 39.1 Å². The van der Waals surface area contributed by atoms with Crippen molar-refractivity contribution in [3.05, 3.63) is 97.9 Å². The highest BCUT2D eigenvalue weighted by molar-refractivity contribution is 9.10. The summed E-state index contributed by atoms with van der Waals surface area (Å²) in [5.41, 5.74) is 3.38. The molecule has 0 aliphatic carbocycles. The summed E-state index contributed by atoms with van der Waals surface area (Å²) in [6, 6.07) is 20.3. The van der Waals surface area contributed by atoms with E-state index < -0.39 is 0 Å². The number of benzene rings is 3. The van der Waals surface area contributed by atoms with Gasteiger partial charge < -0.3 is 24.3 Å². The maximum atomic E-state index is 12.3. The van der Waals surface area contributed by atoms with Gasteiger partial charge >= 0.3 is 6.01 Å². The van der Waals surface area contributed by atoms with E-state index >= 15 is 0 Å². The second-order valence-electron chi connectivity index (χ2n) is 9.18. The maximum absolute atomic E-state index is 12.3. The minimum Gasteiger partial charge on any atom is -0.497 e. The zero-order valence-corrected chi connectivity index (χ0v) is 27.8. The highest BCUT2D eigenvalue weighted by Crippen LogP contribution is 2.27. The standard InChI is InChI=1S/C23H24ClN3O4.C9H8BrClO2/c1-29-14-21(28)18-12-16(6-9-19(18)24)20-13-22(27-23(26-20)31-3)25-11-10-15-4-7-17(30-2)8-5-15;1-13-5-9(12)7-4-6(10)2-3-8(7)11/h4-9,12-13H,10-11,14H2,1-3H3,(H,25,26,27);2-4H,5H2,1H3. The van der Waals surface area contributed by atoms with Gasteiger partial charge in [-0.3, -0.25) is 9.59 Å². The molecule has 12 heteroatoms. The van der Waals surface area contributed by atoms with Gasteiger partial charge in [-0.2, -0.15) is 9.97 Å². The summed E-state index contributed by atoms with van der Waals surface area (Å²) in [6.07, 6.45) is 0.808. The molecule has 0 atom stereocenters. The summed E-state index contributed by atoms with van der Waals surface area (Å²) < 4.78 is 20.9. The summed E-state index contributed by atoms with van der Waals surface area (Å²) in [5.74, 6) is 1.13. The van der Waals surface area contributed by atoms with Gasteiger partial charge in [-0.15, -0.1) is 0 Å². The molecule has 1 heterocycles. The van der Waals surface area contributed by atoms with E-state index in [2.05, 4.69) is 31.2 Å². The van der Waals surface area contributed by atoms with E-state index in [1.807, 2.05) is 30.3 Å². The first-order valence-electron chi connectivity index (χ1n) is 13.3. The van der Waals surface area contributed by atoms with Gasteiger partial charge in [0.15, 0.2) is 11.6 Å². The third kappa shape index (κ3) is 10.3. The lowest BCUT2D eigenvalue weighted by Crippen LogP contribution is -2.09. The number of halogens is 3. The van der Waals surface area contributed by atoms with E-state index in [-0.39, 0.29) is 30.8 Å². The predicted octanol–water partition coefficient (Wildman–Crippen LogP) is 7.23. The average molecular weight is 705 g/mol. The number of nitrogens with zero attached hydrogens (tertiary/aromatic N) is 2. The number of ether oxygens (including phenoxy) is 4. The van der Waals surface area contributed by atoms with Crippen LogP contribution in [0.25, 0.3) is 11.3 Å². The molecule has 0 saturated carbocycles. The van der Waals surface area contributed by atoms with Gasteiger partial charge in [0.1, 0.15) is 24.8 Å². The second kappa shape index (κ2) is 17.7. The van der Waals surface area contributed by atoms with Crippen LogP contribution in [-0.2, 0) is 15.9 Å². The third-order valence-corrected chi connectivity index (χ3v) is 7.26. The van der Waals surface area contributed by atoms with E-state index in [4.69, 9.17) is 42.1 Å². The molecule has 0 bridgehead atoms. The first kappa shape index (κ1) is 34.9. The highest BCUT2D eigenvalue weighted by atomic mass is 79.9. The van der Waals surface area contributed by atoms with Gasteiger partial charge in [0.25, 0.3) is 0 Å². The lowest BCUT2D eigenvalue weighted by atomic mass is 10.0. The average Bonchev–Trinajstić information content (AvgIpc) is 3.03. The van der Waals surface area contributed by atoms with Crippen LogP contribution in [0.1, 0.15) is 26.3 Å². The van der Waals surface area contributed by atoms with Crippen LogP contribution in [0, 0.1) is 0 Å². The number of aromatic nitrogens is 2. The minimum atomic E-state index is -0.201. The van der Waals surface area contributed by atoms with Crippen molar-refractivity contribution in [3.8, 4) is 23.0 Å². The molecule has 1 N–H and O–H groups in total. The molecule has 4 rings (SSSR count). The molecular formula is C32H32BrCl2N3O6. The van der Waals surface area contributed by atoms with Gasteiger partial charge in [0.05, 0.1) is 30.0 Å². The van der Waals surface area contributed by atoms with Crippen molar-refractivity contribution < 1.29 is 28.5 Å². The molecule has 232 valence electrons. The Morgan fingerprint density at radius 3 is 1.98 bits per heavy atom. The van der Waals surface area contributed by atoms with E-state index in [0.717, 1.165) is 22.2 Å². The van der Waals surface area contributed by atoms with Gasteiger partial charge in [0.2, 0.25) is 0 Å². The van der Waals surface area contributed by atoms with Crippen molar-refractivity contribution in [2.24, 2.45) is 0 Å². The van der Waals surface area contributed by atoms with E-state index in [1.54, 1.807) is 43.5 Å². The fraction of sp³-hybridized carbons (Fsp3) is 0.250. The fourth-order valence-corrected chi connectivity index (χ4v) is 4.72. The number of ketones is 2. The number of nitrogens with one attached hydrogen (secondary N) is 1. The van der Waals surface area contributed by atoms with Crippen LogP contribution < -0.4 is 14.8 Å². The summed E-state index contributed by atoms with van der Waals surface area (Å²) in [7, 11) is 6.10. The number of methoxy groups -OCH3 is 4. The molecule has 0 amide bonds. The number of Topliss-reactive ketones (excluding diaryl/α,β-unsaturated/α-hetero) is 2. The number of rotatable bonds is 13. The van der Waals surface area contributed by atoms with E-state index in [9.17, 15) is 9.59 Å². The number of hydrogen-bond acceptors (Lipinski definition) is 9. The number of anilines is 1. The lowest BCUT2D eigenvalue weighted by Gasteiger charge is -2.11. The van der Waals surface area contributed by atoms with E-state index in [1.165, 1.54) is 26.9 Å². The predicted molar refractivity (Wildman–Crippen MR) is 176 cm³/mol.